The number of carbonyl (C=O) groups is 5. The molecule has 0 bridgehead atoms. The Morgan fingerprint density at radius 2 is 1.44 bits per heavy atom. The van der Waals surface area contributed by atoms with Gasteiger partial charge in [-0.3, -0.25) is 29.0 Å². The number of nitrogens with one attached hydrogen (secondary N) is 6. The van der Waals surface area contributed by atoms with E-state index in [2.05, 4.69) is 46.5 Å². The maximum Gasteiger partial charge on any atom is 0.326 e. The first kappa shape index (κ1) is 41.2. The average Bonchev–Trinajstić information content (AvgIpc) is 3.16. The van der Waals surface area contributed by atoms with Crippen LogP contribution in [-0.4, -0.2) is 107 Å². The van der Waals surface area contributed by atoms with Crippen molar-refractivity contribution in [1.82, 2.24) is 41.2 Å². The van der Waals surface area contributed by atoms with E-state index in [9.17, 15) is 38.3 Å². The summed E-state index contributed by atoms with van der Waals surface area (Å²) >= 11 is 0. The first-order valence-corrected chi connectivity index (χ1v) is 17.1. The molecule has 292 valence electrons. The second-order valence-electron chi connectivity index (χ2n) is 11.8. The molecule has 0 aliphatic carbocycles. The number of ether oxygens (including phenoxy) is 2. The number of H-pyrrole nitrogens is 1. The van der Waals surface area contributed by atoms with E-state index in [1.54, 1.807) is 12.1 Å². The molecule has 4 rings (SSSR count). The van der Waals surface area contributed by atoms with Crippen LogP contribution < -0.4 is 37.9 Å². The highest BCUT2D eigenvalue weighted by atomic mass is 19.1. The third-order valence-corrected chi connectivity index (χ3v) is 7.62. The average molecular weight is 765 g/mol. The number of amides is 4. The Kier molecular flexibility index (Phi) is 15.9. The first-order valence-electron chi connectivity index (χ1n) is 17.1. The van der Waals surface area contributed by atoms with Crippen LogP contribution in [0.4, 0.5) is 16.0 Å². The molecule has 9 N–H and O–H groups in total. The molecule has 4 aromatic rings. The standard InChI is InChI=1S/C35H41FN10O9/c36-23-5-1-21(2-6-23)31(49)40-14-16-55-18-17-54-15-11-28(48)39-13-12-38-27(47)10-9-26(34(52)53)44-32(50)22-3-7-24(8-4-22)41-19-25-20-42-30-29(43-25)33(51)46-35(37)45-30/h1-8,20,26,41H,9-19H2,(H,38,47)(H,39,48)(H,40,49)(H,44,50)(H,52,53)(H3,37,42,45,46,51). The number of halogens is 1. The molecule has 0 radical (unpaired) electrons. The number of nitrogens with two attached hydrogens (primary N) is 1. The number of hydrogen-bond acceptors (Lipinski definition) is 13. The van der Waals surface area contributed by atoms with Crippen LogP contribution >= 0.6 is 0 Å². The van der Waals surface area contributed by atoms with Crippen molar-refractivity contribution in [3.05, 3.63) is 87.7 Å². The van der Waals surface area contributed by atoms with E-state index in [4.69, 9.17) is 15.2 Å². The lowest BCUT2D eigenvalue weighted by atomic mass is 10.1. The van der Waals surface area contributed by atoms with E-state index in [0.29, 0.717) is 16.9 Å². The molecular weight excluding hydrogens is 723 g/mol. The van der Waals surface area contributed by atoms with Gasteiger partial charge in [0.05, 0.1) is 44.9 Å². The normalized spacial score (nSPS) is 11.4. The van der Waals surface area contributed by atoms with E-state index < -0.39 is 35.2 Å². The van der Waals surface area contributed by atoms with Gasteiger partial charge in [-0.1, -0.05) is 0 Å². The summed E-state index contributed by atoms with van der Waals surface area (Å²) in [5, 5.41) is 23.0. The first-order chi connectivity index (χ1) is 26.5. The van der Waals surface area contributed by atoms with Crippen molar-refractivity contribution < 1.29 is 42.9 Å². The molecule has 19 nitrogen and oxygen atoms in total. The number of benzene rings is 2. The summed E-state index contributed by atoms with van der Waals surface area (Å²) in [6.07, 6.45) is 1.18. The zero-order chi connectivity index (χ0) is 39.6. The van der Waals surface area contributed by atoms with Crippen LogP contribution in [0.1, 0.15) is 45.7 Å². The van der Waals surface area contributed by atoms with Gasteiger partial charge in [0.2, 0.25) is 17.8 Å². The molecule has 2 heterocycles. The Morgan fingerprint density at radius 3 is 2.13 bits per heavy atom. The van der Waals surface area contributed by atoms with Gasteiger partial charge in [0, 0.05) is 49.3 Å². The van der Waals surface area contributed by atoms with E-state index in [-0.39, 0.29) is 106 Å². The Hall–Kier alpha value is -6.54. The minimum atomic E-state index is -1.32. The summed E-state index contributed by atoms with van der Waals surface area (Å²) in [6.45, 7) is 1.60. The number of hydrogen-bond donors (Lipinski definition) is 8. The molecule has 4 amide bonds. The molecule has 20 heteroatoms. The highest BCUT2D eigenvalue weighted by molar-refractivity contribution is 5.97. The number of aliphatic carboxylic acids is 1. The fraction of sp³-hybridized carbons (Fsp3) is 0.343. The van der Waals surface area contributed by atoms with Crippen LogP contribution in [-0.2, 0) is 30.4 Å². The van der Waals surface area contributed by atoms with Crippen LogP contribution in [0, 0.1) is 5.82 Å². The van der Waals surface area contributed by atoms with Gasteiger partial charge in [-0.25, -0.2) is 19.2 Å². The highest BCUT2D eigenvalue weighted by Crippen LogP contribution is 2.12. The molecule has 0 saturated carbocycles. The molecular formula is C35H41FN10O9. The predicted molar refractivity (Wildman–Crippen MR) is 195 cm³/mol. The number of nitrogens with zero attached hydrogens (tertiary/aromatic N) is 3. The summed E-state index contributed by atoms with van der Waals surface area (Å²) < 4.78 is 23.7. The van der Waals surface area contributed by atoms with Gasteiger partial charge in [0.1, 0.15) is 11.9 Å². The number of fused-ring (bicyclic) bond motifs is 1. The lowest BCUT2D eigenvalue weighted by Crippen LogP contribution is -2.42. The van der Waals surface area contributed by atoms with Gasteiger partial charge in [0.15, 0.2) is 11.2 Å². The van der Waals surface area contributed by atoms with Crippen molar-refractivity contribution in [2.24, 2.45) is 0 Å². The third-order valence-electron chi connectivity index (χ3n) is 7.62. The summed E-state index contributed by atoms with van der Waals surface area (Å²) in [4.78, 5) is 87.5. The fourth-order valence-corrected chi connectivity index (χ4v) is 4.77. The van der Waals surface area contributed by atoms with Crippen LogP contribution in [0.2, 0.25) is 0 Å². The zero-order valence-corrected chi connectivity index (χ0v) is 29.6. The summed E-state index contributed by atoms with van der Waals surface area (Å²) in [5.74, 6) is -3.53. The van der Waals surface area contributed by atoms with Crippen LogP contribution in [0.5, 0.6) is 0 Å². The smallest absolute Gasteiger partial charge is 0.326 e. The summed E-state index contributed by atoms with van der Waals surface area (Å²) in [7, 11) is 0. The number of carbonyl (C=O) groups excluding carboxylic acids is 4. The van der Waals surface area contributed by atoms with E-state index >= 15 is 0 Å². The predicted octanol–water partition coefficient (Wildman–Crippen LogP) is 0.0954. The highest BCUT2D eigenvalue weighted by Gasteiger charge is 2.22. The van der Waals surface area contributed by atoms with E-state index in [1.165, 1.54) is 42.6 Å². The van der Waals surface area contributed by atoms with Gasteiger partial charge < -0.3 is 46.9 Å². The molecule has 55 heavy (non-hydrogen) atoms. The van der Waals surface area contributed by atoms with Gasteiger partial charge in [0.25, 0.3) is 17.4 Å². The maximum absolute atomic E-state index is 12.9. The van der Waals surface area contributed by atoms with Crippen molar-refractivity contribution in [3.8, 4) is 0 Å². The van der Waals surface area contributed by atoms with Gasteiger partial charge in [-0.15, -0.1) is 0 Å². The zero-order valence-electron chi connectivity index (χ0n) is 29.6. The molecule has 1 atom stereocenters. The summed E-state index contributed by atoms with van der Waals surface area (Å²) in [5.41, 5.74) is 6.76. The van der Waals surface area contributed by atoms with Crippen LogP contribution in [0.15, 0.2) is 59.5 Å². The lowest BCUT2D eigenvalue weighted by molar-refractivity contribution is -0.139. The SMILES string of the molecule is Nc1nc2ncc(CNc3ccc(C(=O)NC(CCC(=O)NCCNC(=O)CCOCCOCCNC(=O)c4ccc(F)cc4)C(=O)O)cc3)nc2c(=O)[nH]1. The number of aromatic amines is 1. The number of aromatic nitrogens is 4. The van der Waals surface area contributed by atoms with Gasteiger partial charge >= 0.3 is 5.97 Å². The number of anilines is 2. The van der Waals surface area contributed by atoms with Crippen molar-refractivity contribution in [1.29, 1.82) is 0 Å². The topological polar surface area (TPSA) is 282 Å². The minimum Gasteiger partial charge on any atom is -0.480 e. The number of rotatable bonds is 22. The molecule has 0 spiro atoms. The van der Waals surface area contributed by atoms with Crippen molar-refractivity contribution in [2.45, 2.75) is 31.8 Å². The molecule has 2 aromatic carbocycles. The molecule has 2 aromatic heterocycles. The quantitative estimate of drug-likeness (QED) is 0.0493. The maximum atomic E-state index is 12.9. The third kappa shape index (κ3) is 14.1. The second kappa shape index (κ2) is 21.2. The minimum absolute atomic E-state index is 0.0398. The Bertz CT molecular complexity index is 2000. The van der Waals surface area contributed by atoms with Crippen molar-refractivity contribution in [2.75, 3.05) is 57.1 Å². The Morgan fingerprint density at radius 1 is 0.800 bits per heavy atom. The summed E-state index contributed by atoms with van der Waals surface area (Å²) in [6, 6.07) is 10.1. The molecule has 1 unspecified atom stereocenters. The van der Waals surface area contributed by atoms with Crippen LogP contribution in [0.25, 0.3) is 11.2 Å². The molecule has 0 saturated heterocycles. The van der Waals surface area contributed by atoms with E-state index in [0.717, 1.165) is 0 Å². The van der Waals surface area contributed by atoms with Crippen LogP contribution in [0.3, 0.4) is 0 Å². The second-order valence-corrected chi connectivity index (χ2v) is 11.8. The number of carboxylic acid groups (broad SMARTS) is 1. The molecule has 0 aliphatic heterocycles. The Balaban J connectivity index is 1.03. The van der Waals surface area contributed by atoms with Crippen molar-refractivity contribution in [3.63, 3.8) is 0 Å². The van der Waals surface area contributed by atoms with Gasteiger partial charge in [-0.05, 0) is 55.0 Å². The van der Waals surface area contributed by atoms with Crippen molar-refractivity contribution >= 4 is 52.4 Å². The molecule has 0 fully saturated rings. The largest absolute Gasteiger partial charge is 0.480 e. The molecule has 0 aliphatic rings. The van der Waals surface area contributed by atoms with Gasteiger partial charge in [-0.2, -0.15) is 4.98 Å². The number of nitrogen functional groups attached to an aromatic ring is 1. The Labute approximate surface area is 313 Å². The number of carboxylic acids is 1. The van der Waals surface area contributed by atoms with E-state index in [1.807, 2.05) is 0 Å². The lowest BCUT2D eigenvalue weighted by Gasteiger charge is -2.15. The monoisotopic (exact) mass is 764 g/mol. The fourth-order valence-electron chi connectivity index (χ4n) is 4.77.